The molecular weight excluding hydrogens is 1640 g/mol. The second-order valence-corrected chi connectivity index (χ2v) is 44.1. The number of likely N-dealkylation sites (tertiary alicyclic amines) is 3. The molecule has 129 heavy (non-hydrogen) atoms. The molecule has 760 valence electrons. The van der Waals surface area contributed by atoms with Crippen LogP contribution in [-0.2, 0) is 48.4 Å². The highest BCUT2D eigenvalue weighted by molar-refractivity contribution is 7.88. The molecule has 3 heterocycles. The summed E-state index contributed by atoms with van der Waals surface area (Å²) in [5.41, 5.74) is 0.464. The summed E-state index contributed by atoms with van der Waals surface area (Å²) in [6.45, 7) is 63.1. The van der Waals surface area contributed by atoms with E-state index in [1.165, 1.54) is 161 Å². The molecule has 3 aliphatic heterocycles. The van der Waals surface area contributed by atoms with Crippen molar-refractivity contribution in [2.45, 2.75) is 349 Å². The number of carbonyl (C=O) groups is 8. The summed E-state index contributed by atoms with van der Waals surface area (Å²) in [6.07, 6.45) is 35.4. The van der Waals surface area contributed by atoms with Crippen molar-refractivity contribution in [3.63, 3.8) is 0 Å². The monoisotopic (exact) mass is 1850 g/mol. The fourth-order valence-electron chi connectivity index (χ4n) is 17.1. The Balaban J connectivity index is 0.00000146. The van der Waals surface area contributed by atoms with Crippen molar-refractivity contribution in [3.05, 3.63) is 0 Å². The molecule has 0 aromatic carbocycles. The lowest BCUT2D eigenvalue weighted by molar-refractivity contribution is -0.125. The number of amides is 8. The Morgan fingerprint density at radius 2 is 0.767 bits per heavy atom. The lowest BCUT2D eigenvalue weighted by Gasteiger charge is -2.41. The van der Waals surface area contributed by atoms with Gasteiger partial charge in [0.05, 0.1) is 6.26 Å². The predicted molar refractivity (Wildman–Crippen MR) is 539 cm³/mol. The van der Waals surface area contributed by atoms with Crippen LogP contribution in [0.5, 0.6) is 0 Å². The molecular formula is C101H205N17O10S. The number of nitrogens with zero attached hydrogens (tertiary/aromatic N) is 7. The number of hydrogen-bond acceptors (Lipinski definition) is 18. The molecule has 0 aromatic heterocycles. The van der Waals surface area contributed by atoms with Gasteiger partial charge in [-0.15, -0.1) is 0 Å². The van der Waals surface area contributed by atoms with Gasteiger partial charge in [0, 0.05) is 169 Å². The molecule has 7 fully saturated rings. The molecule has 8 amide bonds. The van der Waals surface area contributed by atoms with Gasteiger partial charge in [0.25, 0.3) is 0 Å². The van der Waals surface area contributed by atoms with Gasteiger partial charge in [-0.05, 0) is 233 Å². The maximum absolute atomic E-state index is 11.9. The number of sulfonamides is 1. The maximum atomic E-state index is 11.9. The second-order valence-electron chi connectivity index (χ2n) is 42.1. The van der Waals surface area contributed by atoms with E-state index >= 15 is 0 Å². The average molecular weight is 1850 g/mol. The maximum Gasteiger partial charge on any atom is 0.222 e. The van der Waals surface area contributed by atoms with Gasteiger partial charge in [0.1, 0.15) is 0 Å². The van der Waals surface area contributed by atoms with Crippen LogP contribution >= 0.6 is 0 Å². The van der Waals surface area contributed by atoms with Gasteiger partial charge in [0.2, 0.25) is 57.3 Å². The van der Waals surface area contributed by atoms with Crippen LogP contribution in [0.3, 0.4) is 0 Å². The summed E-state index contributed by atoms with van der Waals surface area (Å²) in [5, 5.41) is 30.6. The topological polar surface area (TPSA) is 314 Å². The zero-order valence-corrected chi connectivity index (χ0v) is 88.8. The highest BCUT2D eigenvalue weighted by Gasteiger charge is 2.33. The Bertz CT molecular complexity index is 3020. The molecule has 4 saturated carbocycles. The lowest BCUT2D eigenvalue weighted by Crippen LogP contribution is -2.45. The number of nitrogens with one attached hydrogen (secondary N) is 10. The molecule has 4 unspecified atom stereocenters. The van der Waals surface area contributed by atoms with Crippen molar-refractivity contribution in [3.8, 4) is 0 Å². The minimum absolute atomic E-state index is 0.0305. The molecule has 10 N–H and O–H groups in total. The van der Waals surface area contributed by atoms with E-state index in [0.29, 0.717) is 30.6 Å². The SMILES string of the molecule is CC(C)C(=O)NCCCN1CCC2CCCCC2C1.CC(C)C(=O)NCCCNC1CCC(C(C)(C)C)CC1.CC(C)C(=O)NCCCNC1CCCN(C)C1.CC(C)C(=O)NCCN(C)C.CC(C)C(=O)NCCN(C1CCCCC1)S(C)(=O)=O.CC(C)C(=O)NCCN1CCCC1.CC(CN(C)C)NC(=O)C(C)C.CCN(CCCNC(=O)C(C)C)C1CCCCC1. The van der Waals surface area contributed by atoms with Crippen LogP contribution in [0.2, 0.25) is 0 Å². The molecule has 0 bridgehead atoms. The zero-order valence-electron chi connectivity index (χ0n) is 88.0. The average Bonchev–Trinajstić information content (AvgIpc) is 1.84. The van der Waals surface area contributed by atoms with E-state index in [0.717, 1.165) is 173 Å². The first-order valence-electron chi connectivity index (χ1n) is 51.5. The number of carbonyl (C=O) groups excluding carboxylic acids is 8. The molecule has 27 nitrogen and oxygen atoms in total. The van der Waals surface area contributed by atoms with Gasteiger partial charge in [-0.1, -0.05) is 196 Å². The minimum Gasteiger partial charge on any atom is -0.356 e. The number of rotatable bonds is 42. The molecule has 7 aliphatic rings. The van der Waals surface area contributed by atoms with Gasteiger partial charge in [-0.25, -0.2) is 8.42 Å². The molecule has 28 heteroatoms. The summed E-state index contributed by atoms with van der Waals surface area (Å²) < 4.78 is 25.3. The molecule has 4 atom stereocenters. The van der Waals surface area contributed by atoms with Gasteiger partial charge in [-0.2, -0.15) is 4.31 Å². The van der Waals surface area contributed by atoms with Crippen LogP contribution in [-0.4, -0.2) is 305 Å². The summed E-state index contributed by atoms with van der Waals surface area (Å²) in [6, 6.07) is 2.46. The normalized spacial score (nSPS) is 19.8. The van der Waals surface area contributed by atoms with Crippen LogP contribution in [0, 0.1) is 70.5 Å². The van der Waals surface area contributed by atoms with Crippen molar-refractivity contribution in [1.29, 1.82) is 0 Å². The van der Waals surface area contributed by atoms with Crippen LogP contribution in [0.15, 0.2) is 0 Å². The van der Waals surface area contributed by atoms with Crippen molar-refractivity contribution < 1.29 is 46.8 Å². The van der Waals surface area contributed by atoms with Gasteiger partial charge in [-0.3, -0.25) is 38.4 Å². The Hall–Kier alpha value is -4.65. The quantitative estimate of drug-likeness (QED) is 0.0254. The first-order valence-corrected chi connectivity index (χ1v) is 53.4. The first-order chi connectivity index (χ1) is 60.7. The van der Waals surface area contributed by atoms with Crippen LogP contribution in [0.4, 0.5) is 0 Å². The van der Waals surface area contributed by atoms with E-state index in [2.05, 4.69) is 112 Å². The standard InChI is InChI=1S/C17H34N2O.C16H30N2O.C15H30N2O.C13H27N3O.C13H26N2O3S.C10H20N2O.C9H20N2O.C8H18N2O/c1-13(2)16(20)19-12-6-11-18-15-9-7-14(8-10-15)17(3,4)5;1-13(2)16(19)17-9-5-10-18-11-8-14-6-3-4-7-15(14)12-18;1-4-17(14-9-6-5-7-10-14)12-8-11-16-15(18)13(2)3;1-11(2)13(17)15-8-5-7-14-12-6-4-9-16(3)10-12;1-11(2)13(16)14-9-10-15(19(3,17)18)12-7-5-4-6-8-12;1-9(2)10(13)11-5-8-12-6-3-4-7-12;1-7(2)9(12)10-8(3)6-11(4)5;1-7(2)8(11)9-5-6-10(3)4/h13-15,18H,6-12H2,1-5H3,(H,19,20);13-15H,3-12H2,1-2H3,(H,17,19);13-14H,4-12H2,1-3H3,(H,16,18);11-12,14H,4-10H2,1-3H3,(H,15,17);11-12H,4-10H2,1-3H3,(H,14,16);9H,3-8H2,1-2H3,(H,11,13);7-8H,6H2,1-5H3,(H,10,12);7H,5-6H2,1-4H3,(H,9,11). The first kappa shape index (κ1) is 124. The third-order valence-electron chi connectivity index (χ3n) is 25.5. The number of hydrogen-bond donors (Lipinski definition) is 10. The highest BCUT2D eigenvalue weighted by atomic mass is 32.2. The van der Waals surface area contributed by atoms with Gasteiger partial charge < -0.3 is 82.6 Å². The van der Waals surface area contributed by atoms with E-state index in [-0.39, 0.29) is 107 Å². The second kappa shape index (κ2) is 72.7. The predicted octanol–water partition coefficient (Wildman–Crippen LogP) is 12.9. The van der Waals surface area contributed by atoms with Crippen molar-refractivity contribution in [2.75, 3.05) is 185 Å². The minimum atomic E-state index is -3.20. The highest BCUT2D eigenvalue weighted by Crippen LogP contribution is 2.38. The lowest BCUT2D eigenvalue weighted by atomic mass is 9.71. The van der Waals surface area contributed by atoms with Crippen molar-refractivity contribution in [2.24, 2.45) is 70.5 Å². The van der Waals surface area contributed by atoms with Crippen molar-refractivity contribution >= 4 is 57.3 Å². The Morgan fingerprint density at radius 1 is 0.364 bits per heavy atom. The Labute approximate surface area is 791 Å². The van der Waals surface area contributed by atoms with E-state index in [1.807, 2.05) is 151 Å². The summed E-state index contributed by atoms with van der Waals surface area (Å²) in [5.74, 6) is 4.55. The third kappa shape index (κ3) is 64.1. The Kier molecular flexibility index (Phi) is 70.1. The molecule has 4 aliphatic carbocycles. The van der Waals surface area contributed by atoms with E-state index in [9.17, 15) is 46.8 Å². The third-order valence-corrected chi connectivity index (χ3v) is 26.9. The zero-order chi connectivity index (χ0) is 97.6. The van der Waals surface area contributed by atoms with Crippen molar-refractivity contribution in [1.82, 2.24) is 86.9 Å². The largest absolute Gasteiger partial charge is 0.356 e. The molecule has 3 saturated heterocycles. The summed E-state index contributed by atoms with van der Waals surface area (Å²) >= 11 is 0. The number of fused-ring (bicyclic) bond motifs is 1. The van der Waals surface area contributed by atoms with E-state index in [4.69, 9.17) is 0 Å². The Morgan fingerprint density at radius 3 is 1.19 bits per heavy atom. The fraction of sp³-hybridized carbons (Fsp3) is 0.921. The molecule has 0 spiro atoms. The summed E-state index contributed by atoms with van der Waals surface area (Å²) in [4.78, 5) is 105. The summed E-state index contributed by atoms with van der Waals surface area (Å²) in [7, 11) is 6.95. The molecule has 7 rings (SSSR count). The van der Waals surface area contributed by atoms with Crippen LogP contribution in [0.1, 0.15) is 319 Å². The van der Waals surface area contributed by atoms with Crippen LogP contribution < -0.4 is 53.2 Å². The van der Waals surface area contributed by atoms with Crippen LogP contribution in [0.25, 0.3) is 0 Å². The van der Waals surface area contributed by atoms with E-state index < -0.39 is 10.0 Å². The number of likely N-dealkylation sites (N-methyl/N-ethyl adjacent to an activating group) is 3. The fourth-order valence-corrected chi connectivity index (χ4v) is 18.3. The number of piperidine rings is 2. The molecule has 0 radical (unpaired) electrons. The van der Waals surface area contributed by atoms with Gasteiger partial charge in [0.15, 0.2) is 0 Å². The van der Waals surface area contributed by atoms with E-state index in [1.54, 1.807) is 4.31 Å². The molecule has 0 aromatic rings. The smallest absolute Gasteiger partial charge is 0.222 e. The van der Waals surface area contributed by atoms with Gasteiger partial charge >= 0.3 is 0 Å².